The Labute approximate surface area is 183 Å². The van der Waals surface area contributed by atoms with E-state index >= 15 is 0 Å². The second-order valence-corrected chi connectivity index (χ2v) is 7.89. The van der Waals surface area contributed by atoms with Crippen molar-refractivity contribution in [1.82, 2.24) is 5.32 Å². The summed E-state index contributed by atoms with van der Waals surface area (Å²) in [5.74, 6) is 0.356. The zero-order valence-electron chi connectivity index (χ0n) is 18.3. The molecule has 1 heterocycles. The monoisotopic (exact) mass is 433 g/mol. The van der Waals surface area contributed by atoms with Crippen LogP contribution in [0, 0.1) is 0 Å². The molecule has 0 aliphatic rings. The molecule has 2 unspecified atom stereocenters. The molecule has 0 spiro atoms. The molecule has 1 aromatic heterocycles. The topological polar surface area (TPSA) is 109 Å². The fourth-order valence-corrected chi connectivity index (χ4v) is 3.41. The number of nitrogens with one attached hydrogen (secondary N) is 1. The Morgan fingerprint density at radius 3 is 2.55 bits per heavy atom. The number of amides is 1. The van der Waals surface area contributed by atoms with Crippen molar-refractivity contribution in [2.75, 3.05) is 13.2 Å². The summed E-state index contributed by atoms with van der Waals surface area (Å²) >= 11 is 0. The van der Waals surface area contributed by atoms with Gasteiger partial charge in [-0.1, -0.05) is 45.4 Å². The van der Waals surface area contributed by atoms with Crippen molar-refractivity contribution in [3.63, 3.8) is 0 Å². The molecule has 7 nitrogen and oxygen atoms in total. The van der Waals surface area contributed by atoms with E-state index in [-0.39, 0.29) is 25.5 Å². The molecule has 7 heteroatoms. The van der Waals surface area contributed by atoms with Gasteiger partial charge in [0, 0.05) is 30.4 Å². The summed E-state index contributed by atoms with van der Waals surface area (Å²) in [7, 11) is 0. The first kappa shape index (κ1) is 24.9. The van der Waals surface area contributed by atoms with Crippen LogP contribution in [-0.2, 0) is 4.79 Å². The van der Waals surface area contributed by atoms with Crippen LogP contribution < -0.4 is 15.7 Å². The summed E-state index contributed by atoms with van der Waals surface area (Å²) < 4.78 is 10.8. The third-order valence-electron chi connectivity index (χ3n) is 5.29. The van der Waals surface area contributed by atoms with Crippen LogP contribution in [0.25, 0.3) is 11.0 Å². The minimum Gasteiger partial charge on any atom is -0.493 e. The minimum absolute atomic E-state index is 0.155. The molecule has 31 heavy (non-hydrogen) atoms. The van der Waals surface area contributed by atoms with Crippen LogP contribution in [0.15, 0.2) is 39.5 Å². The zero-order chi connectivity index (χ0) is 22.5. The van der Waals surface area contributed by atoms with Crippen molar-refractivity contribution in [3.8, 4) is 5.75 Å². The molecule has 1 aromatic carbocycles. The molecular formula is C24H35NO6. The molecule has 0 aliphatic carbocycles. The molecule has 0 aliphatic heterocycles. The Morgan fingerprint density at radius 2 is 1.81 bits per heavy atom. The van der Waals surface area contributed by atoms with E-state index < -0.39 is 17.8 Å². The van der Waals surface area contributed by atoms with Crippen molar-refractivity contribution < 1.29 is 24.2 Å². The van der Waals surface area contributed by atoms with E-state index in [4.69, 9.17) is 9.15 Å². The number of rotatable bonds is 15. The smallest absolute Gasteiger partial charge is 0.336 e. The molecule has 0 saturated carbocycles. The van der Waals surface area contributed by atoms with Gasteiger partial charge in [-0.25, -0.2) is 4.79 Å². The van der Waals surface area contributed by atoms with E-state index in [1.54, 1.807) is 24.3 Å². The first-order chi connectivity index (χ1) is 15.0. The molecule has 172 valence electrons. The zero-order valence-corrected chi connectivity index (χ0v) is 18.3. The highest BCUT2D eigenvalue weighted by Gasteiger charge is 2.20. The highest BCUT2D eigenvalue weighted by atomic mass is 16.5. The van der Waals surface area contributed by atoms with E-state index in [9.17, 15) is 19.8 Å². The summed E-state index contributed by atoms with van der Waals surface area (Å²) in [5.41, 5.74) is -0.00509. The predicted molar refractivity (Wildman–Crippen MR) is 120 cm³/mol. The number of aliphatic hydroxyl groups excluding tert-OH is 2. The lowest BCUT2D eigenvalue weighted by atomic mass is 10.1. The molecule has 1 amide bonds. The van der Waals surface area contributed by atoms with Gasteiger partial charge in [-0.15, -0.1) is 0 Å². The van der Waals surface area contributed by atoms with Crippen molar-refractivity contribution in [3.05, 3.63) is 40.8 Å². The van der Waals surface area contributed by atoms with Gasteiger partial charge in [-0.3, -0.25) is 4.79 Å². The van der Waals surface area contributed by atoms with Crippen LogP contribution in [0.1, 0.15) is 64.7 Å². The van der Waals surface area contributed by atoms with Gasteiger partial charge in [0.05, 0.1) is 25.4 Å². The number of carbonyl (C=O) groups is 1. The Kier molecular flexibility index (Phi) is 11.1. The third kappa shape index (κ3) is 9.11. The Balaban J connectivity index is 1.69. The molecule has 0 bridgehead atoms. The lowest BCUT2D eigenvalue weighted by molar-refractivity contribution is -0.123. The lowest BCUT2D eigenvalue weighted by Crippen LogP contribution is -2.46. The summed E-state index contributed by atoms with van der Waals surface area (Å²) in [6, 6.07) is 7.46. The van der Waals surface area contributed by atoms with Gasteiger partial charge in [0.15, 0.2) is 0 Å². The number of carbonyl (C=O) groups excluding carboxylic acids is 1. The summed E-state index contributed by atoms with van der Waals surface area (Å²) in [6.07, 6.45) is 7.60. The molecule has 2 rings (SSSR count). The van der Waals surface area contributed by atoms with Crippen molar-refractivity contribution in [2.24, 2.45) is 0 Å². The van der Waals surface area contributed by atoms with E-state index in [0.717, 1.165) is 24.6 Å². The summed E-state index contributed by atoms with van der Waals surface area (Å²) in [4.78, 5) is 23.4. The summed E-state index contributed by atoms with van der Waals surface area (Å²) in [6.45, 7) is 2.03. The molecule has 0 radical (unpaired) electrons. The van der Waals surface area contributed by atoms with E-state index in [1.807, 2.05) is 0 Å². The summed E-state index contributed by atoms with van der Waals surface area (Å²) in [5, 5.41) is 23.4. The average molecular weight is 434 g/mol. The van der Waals surface area contributed by atoms with Crippen LogP contribution in [0.2, 0.25) is 0 Å². The fraction of sp³-hybridized carbons (Fsp3) is 0.583. The number of unbranched alkanes of at least 4 members (excludes halogenated alkanes) is 6. The van der Waals surface area contributed by atoms with E-state index in [0.29, 0.717) is 17.8 Å². The van der Waals surface area contributed by atoms with E-state index in [1.165, 1.54) is 31.7 Å². The van der Waals surface area contributed by atoms with Crippen molar-refractivity contribution >= 4 is 16.9 Å². The van der Waals surface area contributed by atoms with E-state index in [2.05, 4.69) is 12.2 Å². The normalized spacial score (nSPS) is 13.1. The average Bonchev–Trinajstić information content (AvgIpc) is 2.76. The van der Waals surface area contributed by atoms with Gasteiger partial charge in [0.2, 0.25) is 5.91 Å². The number of benzene rings is 1. The maximum Gasteiger partial charge on any atom is 0.336 e. The van der Waals surface area contributed by atoms with Gasteiger partial charge in [-0.05, 0) is 24.6 Å². The van der Waals surface area contributed by atoms with Crippen molar-refractivity contribution in [2.45, 2.75) is 76.9 Å². The van der Waals surface area contributed by atoms with Gasteiger partial charge in [-0.2, -0.15) is 0 Å². The van der Waals surface area contributed by atoms with Gasteiger partial charge in [0.1, 0.15) is 11.3 Å². The SMILES string of the molecule is CCCCCCCCCC(=O)NC(CO)C(O)CCOc1ccc2ccc(=O)oc2c1. The molecule has 3 N–H and O–H groups in total. The second-order valence-electron chi connectivity index (χ2n) is 7.89. The first-order valence-electron chi connectivity index (χ1n) is 11.3. The second kappa shape index (κ2) is 13.8. The Hall–Kier alpha value is -2.38. The highest BCUT2D eigenvalue weighted by molar-refractivity contribution is 5.77. The Bertz CT molecular complexity index is 849. The van der Waals surface area contributed by atoms with Crippen LogP contribution >= 0.6 is 0 Å². The standard InChI is InChI=1S/C24H35NO6/c1-2-3-4-5-6-7-8-9-23(28)25-20(17-26)21(27)14-15-30-19-12-10-18-11-13-24(29)31-22(18)16-19/h10-13,16,20-21,26-27H,2-9,14-15,17H2,1H3,(H,25,28). The van der Waals surface area contributed by atoms with Crippen LogP contribution in [0.3, 0.4) is 0 Å². The third-order valence-corrected chi connectivity index (χ3v) is 5.29. The van der Waals surface area contributed by atoms with Crippen molar-refractivity contribution in [1.29, 1.82) is 0 Å². The van der Waals surface area contributed by atoms with Crippen LogP contribution in [0.4, 0.5) is 0 Å². The highest BCUT2D eigenvalue weighted by Crippen LogP contribution is 2.19. The minimum atomic E-state index is -0.929. The molecular weight excluding hydrogens is 398 g/mol. The number of hydrogen-bond acceptors (Lipinski definition) is 6. The molecule has 0 fully saturated rings. The predicted octanol–water partition coefficient (Wildman–Crippen LogP) is 3.54. The van der Waals surface area contributed by atoms with Crippen LogP contribution in [0.5, 0.6) is 5.75 Å². The maximum absolute atomic E-state index is 12.1. The first-order valence-corrected chi connectivity index (χ1v) is 11.3. The maximum atomic E-state index is 12.1. The number of aliphatic hydroxyl groups is 2. The fourth-order valence-electron chi connectivity index (χ4n) is 3.41. The largest absolute Gasteiger partial charge is 0.493 e. The lowest BCUT2D eigenvalue weighted by Gasteiger charge is -2.22. The van der Waals surface area contributed by atoms with Crippen LogP contribution in [-0.4, -0.2) is 41.5 Å². The molecule has 2 atom stereocenters. The number of hydrogen-bond donors (Lipinski definition) is 3. The van der Waals surface area contributed by atoms with Gasteiger partial charge < -0.3 is 24.7 Å². The molecule has 2 aromatic rings. The number of ether oxygens (including phenoxy) is 1. The van der Waals surface area contributed by atoms with Gasteiger partial charge in [0.25, 0.3) is 0 Å². The van der Waals surface area contributed by atoms with Gasteiger partial charge >= 0.3 is 5.63 Å². The number of fused-ring (bicyclic) bond motifs is 1. The Morgan fingerprint density at radius 1 is 1.10 bits per heavy atom. The quantitative estimate of drug-likeness (QED) is 0.293. The molecule has 0 saturated heterocycles.